The molecule has 10 nitrogen and oxygen atoms in total. The van der Waals surface area contributed by atoms with Crippen LogP contribution in [-0.4, -0.2) is 41.4 Å². The summed E-state index contributed by atoms with van der Waals surface area (Å²) in [5, 5.41) is 9.91. The number of nitrogens with zero attached hydrogens (tertiary/aromatic N) is 2. The van der Waals surface area contributed by atoms with Crippen molar-refractivity contribution in [1.82, 2.24) is 4.57 Å². The number of hydrogen-bond acceptors (Lipinski definition) is 8. The van der Waals surface area contributed by atoms with Crippen LogP contribution >= 0.6 is 0 Å². The number of aromatic hydroxyl groups is 1. The van der Waals surface area contributed by atoms with Gasteiger partial charge < -0.3 is 23.7 Å². The van der Waals surface area contributed by atoms with Crippen LogP contribution in [0.2, 0.25) is 0 Å². The minimum atomic E-state index is -5.17. The SMILES string of the molecule is COc1ccc(O)c(OC)c1/C=C/c1cc(C)[n+](C)c(=O)n1C.O=S(=O)([O-])[O-].[H+]. The molecule has 1 aromatic heterocycles. The van der Waals surface area contributed by atoms with Crippen molar-refractivity contribution in [3.8, 4) is 17.2 Å². The Labute approximate surface area is 164 Å². The van der Waals surface area contributed by atoms with Gasteiger partial charge in [-0.05, 0) is 31.2 Å². The number of aromatic nitrogens is 2. The van der Waals surface area contributed by atoms with Gasteiger partial charge in [0.05, 0.1) is 33.9 Å². The van der Waals surface area contributed by atoms with E-state index in [-0.39, 0.29) is 12.9 Å². The highest BCUT2D eigenvalue weighted by molar-refractivity contribution is 7.79. The number of aryl methyl sites for hydroxylation is 1. The van der Waals surface area contributed by atoms with Crippen LogP contribution in [0.25, 0.3) is 12.2 Å². The fourth-order valence-electron chi connectivity index (χ4n) is 2.34. The molecule has 28 heavy (non-hydrogen) atoms. The molecule has 0 spiro atoms. The summed E-state index contributed by atoms with van der Waals surface area (Å²) in [5.41, 5.74) is 2.08. The van der Waals surface area contributed by atoms with Crippen molar-refractivity contribution in [2.45, 2.75) is 6.92 Å². The van der Waals surface area contributed by atoms with E-state index >= 15 is 0 Å². The Kier molecular flexibility index (Phi) is 7.73. The largest absolute Gasteiger partial charge is 1.00 e. The van der Waals surface area contributed by atoms with Crippen molar-refractivity contribution < 1.29 is 38.1 Å². The molecule has 0 fully saturated rings. The molecule has 0 aliphatic carbocycles. The second-order valence-corrected chi connectivity index (χ2v) is 6.40. The van der Waals surface area contributed by atoms with Crippen LogP contribution in [0, 0.1) is 6.92 Å². The van der Waals surface area contributed by atoms with E-state index in [9.17, 15) is 9.90 Å². The zero-order chi connectivity index (χ0) is 21.6. The number of benzene rings is 1. The van der Waals surface area contributed by atoms with Crippen LogP contribution in [0.4, 0.5) is 0 Å². The molecular formula is C17H22N2O8S. The zero-order valence-electron chi connectivity index (χ0n) is 17.0. The Morgan fingerprint density at radius 2 is 1.79 bits per heavy atom. The van der Waals surface area contributed by atoms with E-state index in [1.807, 2.05) is 13.0 Å². The number of phenolic OH excluding ortho intramolecular Hbond substituents is 1. The molecular weight excluding hydrogens is 392 g/mol. The Morgan fingerprint density at radius 3 is 2.29 bits per heavy atom. The van der Waals surface area contributed by atoms with Gasteiger partial charge in [0.25, 0.3) is 0 Å². The summed E-state index contributed by atoms with van der Waals surface area (Å²) in [6.45, 7) is 1.87. The second kappa shape index (κ2) is 9.35. The van der Waals surface area contributed by atoms with Crippen molar-refractivity contribution in [2.75, 3.05) is 14.2 Å². The van der Waals surface area contributed by atoms with Gasteiger partial charge in [-0.3, -0.25) is 8.42 Å². The van der Waals surface area contributed by atoms with Crippen LogP contribution < -0.4 is 19.7 Å². The van der Waals surface area contributed by atoms with E-state index in [0.717, 1.165) is 11.4 Å². The van der Waals surface area contributed by atoms with E-state index in [0.29, 0.717) is 17.1 Å². The topological polar surface area (TPSA) is 145 Å². The molecule has 154 valence electrons. The highest BCUT2D eigenvalue weighted by atomic mass is 32.3. The Hall–Kier alpha value is -2.89. The fraction of sp³-hybridized carbons (Fsp3) is 0.294. The average Bonchev–Trinajstić information content (AvgIpc) is 2.60. The van der Waals surface area contributed by atoms with Crippen LogP contribution in [0.15, 0.2) is 23.0 Å². The maximum Gasteiger partial charge on any atom is 1.00 e. The molecule has 2 rings (SSSR count). The second-order valence-electron chi connectivity index (χ2n) is 5.59. The van der Waals surface area contributed by atoms with E-state index in [1.165, 1.54) is 13.2 Å². The molecule has 0 saturated heterocycles. The van der Waals surface area contributed by atoms with Gasteiger partial charge in [-0.25, -0.2) is 0 Å². The first-order chi connectivity index (χ1) is 12.9. The number of phenols is 1. The number of methoxy groups -OCH3 is 2. The summed E-state index contributed by atoms with van der Waals surface area (Å²) in [7, 11) is 1.30. The standard InChI is InChI=1S/C17H20N2O4.H2O4S/c1-11-10-12(19(3)17(21)18(11)2)6-7-13-15(22-4)9-8-14(20)16(13)23-5;1-5(2,3)4/h6-10H,1-5H3;(H2,1,2,3,4)/b7-6+;. The number of ether oxygens (including phenoxy) is 2. The van der Waals surface area contributed by atoms with E-state index in [2.05, 4.69) is 0 Å². The van der Waals surface area contributed by atoms with Crippen molar-refractivity contribution in [2.24, 2.45) is 14.1 Å². The molecule has 1 heterocycles. The summed E-state index contributed by atoms with van der Waals surface area (Å²) >= 11 is 0. The third kappa shape index (κ3) is 6.08. The molecule has 0 amide bonds. The van der Waals surface area contributed by atoms with Gasteiger partial charge in [-0.1, -0.05) is 0 Å². The minimum absolute atomic E-state index is 0. The lowest BCUT2D eigenvalue weighted by molar-refractivity contribution is -0.696. The predicted octanol–water partition coefficient (Wildman–Crippen LogP) is 0.186. The van der Waals surface area contributed by atoms with Crippen molar-refractivity contribution in [3.63, 3.8) is 0 Å². The first-order valence-corrected chi connectivity index (χ1v) is 9.09. The molecule has 0 unspecified atom stereocenters. The zero-order valence-corrected chi connectivity index (χ0v) is 16.8. The molecule has 11 heteroatoms. The Morgan fingerprint density at radius 1 is 1.21 bits per heavy atom. The third-order valence-electron chi connectivity index (χ3n) is 3.83. The Bertz CT molecular complexity index is 1040. The maximum absolute atomic E-state index is 12.1. The molecule has 0 radical (unpaired) electrons. The van der Waals surface area contributed by atoms with Crippen LogP contribution in [-0.2, 0) is 24.5 Å². The molecule has 2 aromatic rings. The summed E-state index contributed by atoms with van der Waals surface area (Å²) in [4.78, 5) is 12.1. The van der Waals surface area contributed by atoms with Gasteiger partial charge in [0.15, 0.2) is 11.5 Å². The fourth-order valence-corrected chi connectivity index (χ4v) is 2.34. The summed E-state index contributed by atoms with van der Waals surface area (Å²) < 4.78 is 47.8. The molecule has 1 N–H and O–H groups in total. The lowest BCUT2D eigenvalue weighted by Crippen LogP contribution is -2.53. The molecule has 1 aromatic carbocycles. The summed E-state index contributed by atoms with van der Waals surface area (Å²) in [6.07, 6.45) is 3.54. The van der Waals surface area contributed by atoms with Crippen LogP contribution in [0.1, 0.15) is 18.4 Å². The first-order valence-electron chi connectivity index (χ1n) is 7.76. The molecule has 0 aliphatic heterocycles. The van der Waals surface area contributed by atoms with Gasteiger partial charge in [0, 0.05) is 16.5 Å². The first kappa shape index (κ1) is 23.1. The highest BCUT2D eigenvalue weighted by Gasteiger charge is 2.14. The van der Waals surface area contributed by atoms with Crippen LogP contribution in [0.5, 0.6) is 17.2 Å². The number of hydrogen-bond donors (Lipinski definition) is 1. The van der Waals surface area contributed by atoms with E-state index in [4.69, 9.17) is 27.0 Å². The smallest absolute Gasteiger partial charge is 0.759 e. The van der Waals surface area contributed by atoms with Gasteiger partial charge in [-0.15, -0.1) is 0 Å². The summed E-state index contributed by atoms with van der Waals surface area (Å²) in [5.74, 6) is 0.917. The average molecular weight is 414 g/mol. The van der Waals surface area contributed by atoms with Crippen molar-refractivity contribution in [1.29, 1.82) is 0 Å². The minimum Gasteiger partial charge on any atom is -0.759 e. The van der Waals surface area contributed by atoms with E-state index in [1.54, 1.807) is 48.6 Å². The van der Waals surface area contributed by atoms with Crippen LogP contribution in [0.3, 0.4) is 0 Å². The normalized spacial score (nSPS) is 11.1. The predicted molar refractivity (Wildman–Crippen MR) is 99.3 cm³/mol. The highest BCUT2D eigenvalue weighted by Crippen LogP contribution is 2.37. The molecule has 0 aliphatic rings. The third-order valence-corrected chi connectivity index (χ3v) is 3.83. The maximum atomic E-state index is 12.1. The Balaban J connectivity index is 0.00000117. The molecule has 0 bridgehead atoms. The van der Waals surface area contributed by atoms with Gasteiger partial charge in [0.1, 0.15) is 17.1 Å². The molecule has 0 atom stereocenters. The van der Waals surface area contributed by atoms with Gasteiger partial charge in [-0.2, -0.15) is 13.9 Å². The molecule has 0 saturated carbocycles. The lowest BCUT2D eigenvalue weighted by Gasteiger charge is -2.11. The van der Waals surface area contributed by atoms with E-state index < -0.39 is 10.4 Å². The summed E-state index contributed by atoms with van der Waals surface area (Å²) in [6, 6.07) is 5.07. The van der Waals surface area contributed by atoms with Gasteiger partial charge >= 0.3 is 7.12 Å². The number of rotatable bonds is 4. The van der Waals surface area contributed by atoms with Crippen molar-refractivity contribution >= 4 is 22.6 Å². The van der Waals surface area contributed by atoms with Crippen molar-refractivity contribution in [3.05, 3.63) is 45.6 Å². The quantitative estimate of drug-likeness (QED) is 0.424. The van der Waals surface area contributed by atoms with Gasteiger partial charge in [0.2, 0.25) is 0 Å². The lowest BCUT2D eigenvalue weighted by atomic mass is 10.1. The monoisotopic (exact) mass is 414 g/mol.